The Bertz CT molecular complexity index is 1250. The molecule has 146 valence electrons. The van der Waals surface area contributed by atoms with Crippen LogP contribution in [0.5, 0.6) is 0 Å². The number of hydrogen-bond acceptors (Lipinski definition) is 4. The number of nitrogens with one attached hydrogen (secondary N) is 1. The molecule has 4 rings (SSSR count). The summed E-state index contributed by atoms with van der Waals surface area (Å²) in [5.74, 6) is -0.214. The van der Waals surface area contributed by atoms with Gasteiger partial charge in [-0.25, -0.2) is 4.98 Å². The molecule has 0 unspecified atom stereocenters. The number of amides is 1. The van der Waals surface area contributed by atoms with Crippen molar-refractivity contribution in [2.24, 2.45) is 0 Å². The van der Waals surface area contributed by atoms with E-state index >= 15 is 0 Å². The first-order valence-electron chi connectivity index (χ1n) is 9.11. The number of carbonyl (C=O) groups is 1. The van der Waals surface area contributed by atoms with Crippen LogP contribution in [0.25, 0.3) is 21.3 Å². The highest BCUT2D eigenvalue weighted by Gasteiger charge is 2.14. The summed E-state index contributed by atoms with van der Waals surface area (Å²) in [4.78, 5) is 30.4. The molecule has 2 aromatic heterocycles. The molecule has 0 bridgehead atoms. The van der Waals surface area contributed by atoms with Crippen LogP contribution in [0.2, 0.25) is 5.02 Å². The molecule has 0 saturated heterocycles. The highest BCUT2D eigenvalue weighted by Crippen LogP contribution is 2.30. The van der Waals surface area contributed by atoms with E-state index in [-0.39, 0.29) is 24.4 Å². The normalized spacial score (nSPS) is 11.0. The molecule has 2 heterocycles. The van der Waals surface area contributed by atoms with Crippen molar-refractivity contribution >= 4 is 44.7 Å². The summed E-state index contributed by atoms with van der Waals surface area (Å²) in [5.41, 5.74) is 3.43. The summed E-state index contributed by atoms with van der Waals surface area (Å²) in [6, 6.07) is 15.1. The van der Waals surface area contributed by atoms with Gasteiger partial charge in [0.25, 0.3) is 5.56 Å². The fraction of sp³-hybridized carbons (Fsp3) is 0.136. The Morgan fingerprint density at radius 3 is 2.69 bits per heavy atom. The molecule has 0 fully saturated rings. The summed E-state index contributed by atoms with van der Waals surface area (Å²) in [7, 11) is 0. The van der Waals surface area contributed by atoms with Gasteiger partial charge in [0.15, 0.2) is 0 Å². The predicted octanol–water partition coefficient (Wildman–Crippen LogP) is 5.12. The van der Waals surface area contributed by atoms with E-state index in [9.17, 15) is 9.59 Å². The van der Waals surface area contributed by atoms with Crippen LogP contribution < -0.4 is 10.9 Å². The second-order valence-electron chi connectivity index (χ2n) is 6.72. The van der Waals surface area contributed by atoms with E-state index < -0.39 is 0 Å². The van der Waals surface area contributed by atoms with E-state index in [1.165, 1.54) is 22.2 Å². The molecule has 0 saturated carbocycles. The highest BCUT2D eigenvalue weighted by atomic mass is 35.5. The third-order valence-corrected chi connectivity index (χ3v) is 5.87. The first kappa shape index (κ1) is 19.4. The first-order chi connectivity index (χ1) is 14.0. The fourth-order valence-electron chi connectivity index (χ4n) is 3.07. The van der Waals surface area contributed by atoms with Gasteiger partial charge in [0, 0.05) is 23.9 Å². The average molecular weight is 424 g/mol. The molecule has 0 aliphatic carbocycles. The molecule has 0 spiro atoms. The van der Waals surface area contributed by atoms with E-state index in [4.69, 9.17) is 11.6 Å². The molecule has 0 radical (unpaired) electrons. The lowest BCUT2D eigenvalue weighted by Crippen LogP contribution is -2.23. The number of hydrogen-bond donors (Lipinski definition) is 1. The van der Waals surface area contributed by atoms with Crippen LogP contribution in [-0.4, -0.2) is 15.5 Å². The van der Waals surface area contributed by atoms with Crippen LogP contribution in [0, 0.1) is 6.92 Å². The SMILES string of the molecule is Cc1ccc(-c2csc3ncn(CCC(=O)Nc4ccccc4Cl)c(=O)c23)cc1. The Morgan fingerprint density at radius 1 is 1.17 bits per heavy atom. The molecule has 2 aromatic carbocycles. The number of halogens is 1. The second-order valence-corrected chi connectivity index (χ2v) is 7.98. The zero-order valence-corrected chi connectivity index (χ0v) is 17.3. The van der Waals surface area contributed by atoms with Gasteiger partial charge in [-0.2, -0.15) is 0 Å². The minimum absolute atomic E-state index is 0.141. The van der Waals surface area contributed by atoms with Crippen molar-refractivity contribution in [3.63, 3.8) is 0 Å². The van der Waals surface area contributed by atoms with Crippen molar-refractivity contribution in [1.82, 2.24) is 9.55 Å². The number of thiophene rings is 1. The zero-order valence-electron chi connectivity index (χ0n) is 15.7. The van der Waals surface area contributed by atoms with Crippen molar-refractivity contribution in [3.8, 4) is 11.1 Å². The van der Waals surface area contributed by atoms with Crippen LogP contribution in [0.4, 0.5) is 5.69 Å². The Hall–Kier alpha value is -2.96. The second kappa shape index (κ2) is 8.19. The Morgan fingerprint density at radius 2 is 1.93 bits per heavy atom. The van der Waals surface area contributed by atoms with Gasteiger partial charge in [0.2, 0.25) is 5.91 Å². The van der Waals surface area contributed by atoms with E-state index in [0.29, 0.717) is 20.9 Å². The first-order valence-corrected chi connectivity index (χ1v) is 10.4. The number of fused-ring (bicyclic) bond motifs is 1. The molecular weight excluding hydrogens is 406 g/mol. The number of anilines is 1. The number of aryl methyl sites for hydroxylation is 2. The number of nitrogens with zero attached hydrogens (tertiary/aromatic N) is 2. The molecule has 29 heavy (non-hydrogen) atoms. The molecule has 7 heteroatoms. The van der Waals surface area contributed by atoms with Crippen LogP contribution in [-0.2, 0) is 11.3 Å². The molecule has 1 amide bonds. The number of benzene rings is 2. The third kappa shape index (κ3) is 4.09. The Labute approximate surface area is 176 Å². The monoisotopic (exact) mass is 423 g/mol. The van der Waals surface area contributed by atoms with Crippen molar-refractivity contribution in [2.75, 3.05) is 5.32 Å². The maximum absolute atomic E-state index is 13.1. The molecule has 1 N–H and O–H groups in total. The topological polar surface area (TPSA) is 64.0 Å². The maximum Gasteiger partial charge on any atom is 0.262 e. The lowest BCUT2D eigenvalue weighted by molar-refractivity contribution is -0.116. The van der Waals surface area contributed by atoms with Crippen LogP contribution in [0.3, 0.4) is 0 Å². The van der Waals surface area contributed by atoms with E-state index in [0.717, 1.165) is 16.7 Å². The van der Waals surface area contributed by atoms with Gasteiger partial charge in [0.1, 0.15) is 4.83 Å². The lowest BCUT2D eigenvalue weighted by atomic mass is 10.1. The van der Waals surface area contributed by atoms with Gasteiger partial charge < -0.3 is 5.32 Å². The number of carbonyl (C=O) groups excluding carboxylic acids is 1. The summed E-state index contributed by atoms with van der Waals surface area (Å²) in [5, 5.41) is 5.79. The van der Waals surface area contributed by atoms with E-state index in [2.05, 4.69) is 10.3 Å². The fourth-order valence-corrected chi connectivity index (χ4v) is 4.16. The smallest absolute Gasteiger partial charge is 0.262 e. The van der Waals surface area contributed by atoms with Gasteiger partial charge in [0.05, 0.1) is 22.4 Å². The third-order valence-electron chi connectivity index (χ3n) is 4.65. The number of aromatic nitrogens is 2. The average Bonchev–Trinajstić information content (AvgIpc) is 3.15. The molecule has 0 atom stereocenters. The number of para-hydroxylation sites is 1. The van der Waals surface area contributed by atoms with Gasteiger partial charge in [-0.05, 0) is 24.6 Å². The summed E-state index contributed by atoms with van der Waals surface area (Å²) in [6.45, 7) is 2.26. The number of rotatable bonds is 5. The molecule has 5 nitrogen and oxygen atoms in total. The highest BCUT2D eigenvalue weighted by molar-refractivity contribution is 7.17. The molecule has 0 aliphatic rings. The summed E-state index contributed by atoms with van der Waals surface area (Å²) >= 11 is 7.52. The van der Waals surface area contributed by atoms with Crippen LogP contribution >= 0.6 is 22.9 Å². The van der Waals surface area contributed by atoms with E-state index in [1.807, 2.05) is 36.6 Å². The summed E-state index contributed by atoms with van der Waals surface area (Å²) in [6.07, 6.45) is 1.64. The quantitative estimate of drug-likeness (QED) is 0.484. The van der Waals surface area contributed by atoms with Crippen molar-refractivity contribution in [2.45, 2.75) is 19.9 Å². The van der Waals surface area contributed by atoms with E-state index in [1.54, 1.807) is 24.3 Å². The van der Waals surface area contributed by atoms with Gasteiger partial charge in [-0.15, -0.1) is 11.3 Å². The molecule has 4 aromatic rings. The minimum Gasteiger partial charge on any atom is -0.325 e. The largest absolute Gasteiger partial charge is 0.325 e. The zero-order chi connectivity index (χ0) is 20.4. The van der Waals surface area contributed by atoms with Gasteiger partial charge in [-0.1, -0.05) is 53.6 Å². The molecular formula is C22H18ClN3O2S. The molecule has 0 aliphatic heterocycles. The Balaban J connectivity index is 1.57. The lowest BCUT2D eigenvalue weighted by Gasteiger charge is -2.08. The van der Waals surface area contributed by atoms with Crippen molar-refractivity contribution in [1.29, 1.82) is 0 Å². The summed E-state index contributed by atoms with van der Waals surface area (Å²) < 4.78 is 1.49. The van der Waals surface area contributed by atoms with Crippen molar-refractivity contribution in [3.05, 3.63) is 81.2 Å². The van der Waals surface area contributed by atoms with Crippen molar-refractivity contribution < 1.29 is 4.79 Å². The van der Waals surface area contributed by atoms with Crippen LogP contribution in [0.15, 0.2) is 65.0 Å². The minimum atomic E-state index is -0.214. The Kier molecular flexibility index (Phi) is 5.47. The van der Waals surface area contributed by atoms with Crippen LogP contribution in [0.1, 0.15) is 12.0 Å². The predicted molar refractivity (Wildman–Crippen MR) is 119 cm³/mol. The van der Waals surface area contributed by atoms with Gasteiger partial charge >= 0.3 is 0 Å². The van der Waals surface area contributed by atoms with Gasteiger partial charge in [-0.3, -0.25) is 14.2 Å². The standard InChI is InChI=1S/C22H18ClN3O2S/c1-14-6-8-15(9-7-14)16-12-29-21-20(16)22(28)26(13-24-21)11-10-19(27)25-18-5-3-2-4-17(18)23/h2-9,12-13H,10-11H2,1H3,(H,25,27). The maximum atomic E-state index is 13.1.